The van der Waals surface area contributed by atoms with Crippen LogP contribution in [-0.2, 0) is 9.59 Å². The SMILES string of the molecule is CC(=O)C1(C)CCC(C(=O)O)C1(C)C. The molecule has 1 aliphatic carbocycles. The lowest BCUT2D eigenvalue weighted by Crippen LogP contribution is -2.41. The molecule has 0 bridgehead atoms. The molecule has 2 atom stereocenters. The van der Waals surface area contributed by atoms with Crippen molar-refractivity contribution in [1.29, 1.82) is 0 Å². The lowest BCUT2D eigenvalue weighted by atomic mass is 9.64. The van der Waals surface area contributed by atoms with Crippen molar-refractivity contribution < 1.29 is 14.7 Å². The standard InChI is InChI=1S/C11H18O3/c1-7(12)11(4)6-5-8(9(13)14)10(11,2)3/h8H,5-6H2,1-4H3,(H,13,14). The van der Waals surface area contributed by atoms with E-state index in [-0.39, 0.29) is 5.78 Å². The van der Waals surface area contributed by atoms with E-state index in [0.29, 0.717) is 12.8 Å². The molecule has 1 rings (SSSR count). The Labute approximate surface area is 84.5 Å². The van der Waals surface area contributed by atoms with Crippen LogP contribution in [-0.4, -0.2) is 16.9 Å². The zero-order chi connectivity index (χ0) is 11.1. The Bertz CT molecular complexity index is 280. The Balaban J connectivity index is 3.08. The van der Waals surface area contributed by atoms with Gasteiger partial charge < -0.3 is 5.11 Å². The van der Waals surface area contributed by atoms with Crippen LogP contribution in [0, 0.1) is 16.7 Å². The van der Waals surface area contributed by atoms with Gasteiger partial charge in [-0.05, 0) is 25.2 Å². The quantitative estimate of drug-likeness (QED) is 0.739. The summed E-state index contributed by atoms with van der Waals surface area (Å²) >= 11 is 0. The van der Waals surface area contributed by atoms with Gasteiger partial charge in [0, 0.05) is 5.41 Å². The fourth-order valence-electron chi connectivity index (χ4n) is 2.56. The van der Waals surface area contributed by atoms with Gasteiger partial charge in [-0.15, -0.1) is 0 Å². The van der Waals surface area contributed by atoms with Crippen LogP contribution in [0.15, 0.2) is 0 Å². The monoisotopic (exact) mass is 198 g/mol. The fourth-order valence-corrected chi connectivity index (χ4v) is 2.56. The highest BCUT2D eigenvalue weighted by atomic mass is 16.4. The van der Waals surface area contributed by atoms with Gasteiger partial charge in [-0.25, -0.2) is 0 Å². The summed E-state index contributed by atoms with van der Waals surface area (Å²) in [4.78, 5) is 22.6. The molecular formula is C11H18O3. The molecule has 0 spiro atoms. The number of aliphatic carboxylic acids is 1. The Morgan fingerprint density at radius 2 is 1.79 bits per heavy atom. The maximum Gasteiger partial charge on any atom is 0.307 e. The Hall–Kier alpha value is -0.860. The lowest BCUT2D eigenvalue weighted by Gasteiger charge is -2.38. The first-order valence-electron chi connectivity index (χ1n) is 4.97. The smallest absolute Gasteiger partial charge is 0.307 e. The molecule has 0 radical (unpaired) electrons. The third-order valence-corrected chi connectivity index (χ3v) is 4.30. The zero-order valence-electron chi connectivity index (χ0n) is 9.26. The van der Waals surface area contributed by atoms with E-state index in [9.17, 15) is 9.59 Å². The van der Waals surface area contributed by atoms with Crippen LogP contribution >= 0.6 is 0 Å². The Morgan fingerprint density at radius 1 is 1.29 bits per heavy atom. The third kappa shape index (κ3) is 1.26. The minimum atomic E-state index is -0.778. The second-order valence-electron chi connectivity index (χ2n) is 5.04. The maximum atomic E-state index is 11.6. The highest BCUT2D eigenvalue weighted by Gasteiger charge is 2.56. The predicted molar refractivity (Wildman–Crippen MR) is 52.9 cm³/mol. The summed E-state index contributed by atoms with van der Waals surface area (Å²) in [6.07, 6.45) is 1.30. The van der Waals surface area contributed by atoms with Gasteiger partial charge in [0.2, 0.25) is 0 Å². The minimum absolute atomic E-state index is 0.103. The molecule has 0 aromatic rings. The van der Waals surface area contributed by atoms with Gasteiger partial charge in [0.1, 0.15) is 5.78 Å². The number of Topliss-reactive ketones (excluding diaryl/α,β-unsaturated/α-hetero) is 1. The summed E-state index contributed by atoms with van der Waals surface area (Å²) in [7, 11) is 0. The summed E-state index contributed by atoms with van der Waals surface area (Å²) in [5.41, 5.74) is -0.916. The fraction of sp³-hybridized carbons (Fsp3) is 0.818. The number of rotatable bonds is 2. The van der Waals surface area contributed by atoms with Crippen molar-refractivity contribution in [3.05, 3.63) is 0 Å². The number of carbonyl (C=O) groups is 2. The van der Waals surface area contributed by atoms with Gasteiger partial charge in [0.15, 0.2) is 0 Å². The van der Waals surface area contributed by atoms with Gasteiger partial charge in [0.25, 0.3) is 0 Å². The molecular weight excluding hydrogens is 180 g/mol. The molecule has 0 amide bonds. The lowest BCUT2D eigenvalue weighted by molar-refractivity contribution is -0.147. The molecule has 14 heavy (non-hydrogen) atoms. The van der Waals surface area contributed by atoms with E-state index in [1.807, 2.05) is 20.8 Å². The highest BCUT2D eigenvalue weighted by Crippen LogP contribution is 2.56. The molecule has 1 aliphatic rings. The Kier molecular flexibility index (Phi) is 2.46. The van der Waals surface area contributed by atoms with E-state index in [2.05, 4.69) is 0 Å². The number of carboxylic acids is 1. The molecule has 1 saturated carbocycles. The molecule has 0 aliphatic heterocycles. The molecule has 0 saturated heterocycles. The summed E-state index contributed by atoms with van der Waals surface area (Å²) in [6.45, 7) is 7.23. The van der Waals surface area contributed by atoms with Gasteiger partial charge in [-0.1, -0.05) is 20.8 Å². The summed E-state index contributed by atoms with van der Waals surface area (Å²) < 4.78 is 0. The second kappa shape index (κ2) is 3.07. The zero-order valence-corrected chi connectivity index (χ0v) is 9.26. The summed E-state index contributed by atoms with van der Waals surface area (Å²) in [6, 6.07) is 0. The number of carbonyl (C=O) groups excluding carboxylic acids is 1. The predicted octanol–water partition coefficient (Wildman–Crippen LogP) is 2.10. The molecule has 3 heteroatoms. The van der Waals surface area contributed by atoms with Crippen molar-refractivity contribution >= 4 is 11.8 Å². The van der Waals surface area contributed by atoms with Crippen LogP contribution in [0.4, 0.5) is 0 Å². The van der Waals surface area contributed by atoms with Gasteiger partial charge >= 0.3 is 5.97 Å². The topological polar surface area (TPSA) is 54.4 Å². The second-order valence-corrected chi connectivity index (χ2v) is 5.04. The van der Waals surface area contributed by atoms with Crippen molar-refractivity contribution in [2.24, 2.45) is 16.7 Å². The largest absolute Gasteiger partial charge is 0.481 e. The number of carboxylic acid groups (broad SMARTS) is 1. The van der Waals surface area contributed by atoms with Gasteiger partial charge in [0.05, 0.1) is 5.92 Å². The minimum Gasteiger partial charge on any atom is -0.481 e. The van der Waals surface area contributed by atoms with Crippen molar-refractivity contribution in [3.63, 3.8) is 0 Å². The molecule has 0 aromatic carbocycles. The molecule has 1 N–H and O–H groups in total. The van der Waals surface area contributed by atoms with E-state index in [1.54, 1.807) is 6.92 Å². The summed E-state index contributed by atoms with van der Waals surface area (Å²) in [5, 5.41) is 9.05. The average Bonchev–Trinajstić information content (AvgIpc) is 2.24. The van der Waals surface area contributed by atoms with Crippen molar-refractivity contribution in [3.8, 4) is 0 Å². The molecule has 1 fully saturated rings. The molecule has 3 nitrogen and oxygen atoms in total. The maximum absolute atomic E-state index is 11.6. The normalized spacial score (nSPS) is 35.6. The number of hydrogen-bond acceptors (Lipinski definition) is 2. The molecule has 2 unspecified atom stereocenters. The van der Waals surface area contributed by atoms with Crippen LogP contribution in [0.3, 0.4) is 0 Å². The van der Waals surface area contributed by atoms with E-state index in [4.69, 9.17) is 5.11 Å². The first-order chi connectivity index (χ1) is 6.23. The van der Waals surface area contributed by atoms with E-state index in [0.717, 1.165) is 0 Å². The van der Waals surface area contributed by atoms with Crippen LogP contribution in [0.2, 0.25) is 0 Å². The van der Waals surface area contributed by atoms with Crippen LogP contribution in [0.1, 0.15) is 40.5 Å². The van der Waals surface area contributed by atoms with Gasteiger partial charge in [-0.2, -0.15) is 0 Å². The van der Waals surface area contributed by atoms with E-state index >= 15 is 0 Å². The third-order valence-electron chi connectivity index (χ3n) is 4.30. The molecule has 0 heterocycles. The van der Waals surface area contributed by atoms with Crippen LogP contribution in [0.25, 0.3) is 0 Å². The molecule has 80 valence electrons. The number of hydrogen-bond donors (Lipinski definition) is 1. The van der Waals surface area contributed by atoms with E-state index < -0.39 is 22.7 Å². The first-order valence-corrected chi connectivity index (χ1v) is 4.97. The summed E-state index contributed by atoms with van der Waals surface area (Å²) in [5.74, 6) is -1.07. The highest BCUT2D eigenvalue weighted by molar-refractivity contribution is 5.85. The van der Waals surface area contributed by atoms with Crippen molar-refractivity contribution in [2.45, 2.75) is 40.5 Å². The average molecular weight is 198 g/mol. The van der Waals surface area contributed by atoms with Crippen molar-refractivity contribution in [2.75, 3.05) is 0 Å². The van der Waals surface area contributed by atoms with E-state index in [1.165, 1.54) is 0 Å². The first kappa shape index (κ1) is 11.2. The van der Waals surface area contributed by atoms with Crippen molar-refractivity contribution in [1.82, 2.24) is 0 Å². The number of ketones is 1. The van der Waals surface area contributed by atoms with Gasteiger partial charge in [-0.3, -0.25) is 9.59 Å². The Morgan fingerprint density at radius 3 is 2.00 bits per heavy atom. The van der Waals surface area contributed by atoms with Crippen LogP contribution < -0.4 is 0 Å². The molecule has 0 aromatic heterocycles. The van der Waals surface area contributed by atoms with Crippen LogP contribution in [0.5, 0.6) is 0 Å².